The second-order valence-corrected chi connectivity index (χ2v) is 4.78. The first-order chi connectivity index (χ1) is 7.79. The van der Waals surface area contributed by atoms with Gasteiger partial charge in [-0.2, -0.15) is 0 Å². The molecule has 0 spiro atoms. The van der Waals surface area contributed by atoms with Crippen LogP contribution in [-0.4, -0.2) is 36.5 Å². The molecule has 1 fully saturated rings. The molecule has 2 rings (SSSR count). The summed E-state index contributed by atoms with van der Waals surface area (Å²) >= 11 is 1.82. The Labute approximate surface area is 124 Å². The van der Waals surface area contributed by atoms with Gasteiger partial charge in [-0.25, -0.2) is 4.99 Å². The number of methoxy groups -OCH3 is 1. The van der Waals surface area contributed by atoms with Crippen molar-refractivity contribution in [2.75, 3.05) is 26.5 Å². The third kappa shape index (κ3) is 4.06. The molecule has 94 valence electrons. The molecule has 1 aromatic carbocycles. The predicted octanol–water partition coefficient (Wildman–Crippen LogP) is 3.37. The molecule has 0 bridgehead atoms. The summed E-state index contributed by atoms with van der Waals surface area (Å²) < 4.78 is 5.12. The van der Waals surface area contributed by atoms with Crippen molar-refractivity contribution in [3.63, 3.8) is 0 Å². The Balaban J connectivity index is 0.00000144. The molecule has 0 amide bonds. The van der Waals surface area contributed by atoms with Crippen molar-refractivity contribution < 1.29 is 4.74 Å². The summed E-state index contributed by atoms with van der Waals surface area (Å²) in [4.78, 5) is 6.83. The molecule has 3 nitrogen and oxygen atoms in total. The van der Waals surface area contributed by atoms with Gasteiger partial charge in [-0.1, -0.05) is 11.8 Å². The van der Waals surface area contributed by atoms with Gasteiger partial charge in [-0.05, 0) is 30.7 Å². The second kappa shape index (κ2) is 7.10. The highest BCUT2D eigenvalue weighted by Gasteiger charge is 2.12. The monoisotopic (exact) mass is 364 g/mol. The molecule has 0 radical (unpaired) electrons. The van der Waals surface area contributed by atoms with Gasteiger partial charge in [0.05, 0.1) is 12.8 Å². The van der Waals surface area contributed by atoms with Crippen LogP contribution in [0.15, 0.2) is 29.3 Å². The van der Waals surface area contributed by atoms with E-state index in [0.717, 1.165) is 23.1 Å². The topological polar surface area (TPSA) is 24.8 Å². The van der Waals surface area contributed by atoms with E-state index in [1.165, 1.54) is 12.2 Å². The van der Waals surface area contributed by atoms with Crippen LogP contribution in [0.1, 0.15) is 6.42 Å². The fourth-order valence-corrected chi connectivity index (χ4v) is 2.49. The van der Waals surface area contributed by atoms with E-state index in [2.05, 4.69) is 16.9 Å². The van der Waals surface area contributed by atoms with Crippen LogP contribution in [0.5, 0.6) is 5.75 Å². The lowest BCUT2D eigenvalue weighted by Crippen LogP contribution is -2.29. The Morgan fingerprint density at radius 2 is 2.00 bits per heavy atom. The van der Waals surface area contributed by atoms with Gasteiger partial charge >= 0.3 is 0 Å². The van der Waals surface area contributed by atoms with Crippen LogP contribution in [0.3, 0.4) is 0 Å². The SMILES string of the molecule is COc1ccc(N=C2SCCCN2C)cc1.I. The predicted molar refractivity (Wildman–Crippen MR) is 85.2 cm³/mol. The number of ether oxygens (including phenoxy) is 1. The number of amidine groups is 1. The normalized spacial score (nSPS) is 17.8. The smallest absolute Gasteiger partial charge is 0.164 e. The lowest BCUT2D eigenvalue weighted by molar-refractivity contribution is 0.415. The molecule has 5 heteroatoms. The van der Waals surface area contributed by atoms with Gasteiger partial charge in [0.1, 0.15) is 5.75 Å². The average molecular weight is 364 g/mol. The Morgan fingerprint density at radius 3 is 2.59 bits per heavy atom. The number of hydrogen-bond acceptors (Lipinski definition) is 3. The Morgan fingerprint density at radius 1 is 1.29 bits per heavy atom. The van der Waals surface area contributed by atoms with Crippen molar-refractivity contribution in [2.45, 2.75) is 6.42 Å². The number of halogens is 1. The zero-order chi connectivity index (χ0) is 11.4. The lowest BCUT2D eigenvalue weighted by Gasteiger charge is -2.25. The summed E-state index contributed by atoms with van der Waals surface area (Å²) in [5.74, 6) is 2.04. The van der Waals surface area contributed by atoms with Gasteiger partial charge in [-0.15, -0.1) is 24.0 Å². The van der Waals surface area contributed by atoms with Crippen molar-refractivity contribution in [3.05, 3.63) is 24.3 Å². The zero-order valence-electron chi connectivity index (χ0n) is 10.0. The summed E-state index contributed by atoms with van der Waals surface area (Å²) in [7, 11) is 3.76. The molecule has 1 saturated heterocycles. The summed E-state index contributed by atoms with van der Waals surface area (Å²) in [6, 6.07) is 7.84. The van der Waals surface area contributed by atoms with E-state index < -0.39 is 0 Å². The van der Waals surface area contributed by atoms with Gasteiger partial charge in [-0.3, -0.25) is 0 Å². The highest BCUT2D eigenvalue weighted by Crippen LogP contribution is 2.23. The maximum atomic E-state index is 5.12. The molecule has 0 atom stereocenters. The number of nitrogens with zero attached hydrogens (tertiary/aromatic N) is 2. The molecule has 0 unspecified atom stereocenters. The highest BCUT2D eigenvalue weighted by molar-refractivity contribution is 14.0. The molecule has 1 aromatic rings. The molecule has 0 aliphatic carbocycles. The Hall–Kier alpha value is -0.430. The minimum absolute atomic E-state index is 0. The summed E-state index contributed by atoms with van der Waals surface area (Å²) in [6.07, 6.45) is 1.24. The number of rotatable bonds is 2. The van der Waals surface area contributed by atoms with Crippen LogP contribution in [0.2, 0.25) is 0 Å². The number of benzene rings is 1. The quantitative estimate of drug-likeness (QED) is 0.753. The van der Waals surface area contributed by atoms with E-state index >= 15 is 0 Å². The summed E-state index contributed by atoms with van der Waals surface area (Å²) in [6.45, 7) is 1.10. The van der Waals surface area contributed by atoms with E-state index in [1.54, 1.807) is 7.11 Å². The lowest BCUT2D eigenvalue weighted by atomic mass is 10.3. The van der Waals surface area contributed by atoms with E-state index in [4.69, 9.17) is 4.74 Å². The van der Waals surface area contributed by atoms with Gasteiger partial charge in [0.25, 0.3) is 0 Å². The van der Waals surface area contributed by atoms with Crippen LogP contribution < -0.4 is 4.74 Å². The Kier molecular flexibility index (Phi) is 6.11. The first-order valence-electron chi connectivity index (χ1n) is 5.36. The fourth-order valence-electron chi connectivity index (χ4n) is 1.56. The van der Waals surface area contributed by atoms with E-state index in [-0.39, 0.29) is 24.0 Å². The number of aliphatic imine (C=N–C) groups is 1. The van der Waals surface area contributed by atoms with Crippen LogP contribution in [0.4, 0.5) is 5.69 Å². The maximum absolute atomic E-state index is 5.12. The standard InChI is InChI=1S/C12H16N2OS.HI/c1-14-8-3-9-16-12(14)13-10-4-6-11(15-2)7-5-10;/h4-7H,3,8-9H2,1-2H3;1H. The molecule has 17 heavy (non-hydrogen) atoms. The maximum Gasteiger partial charge on any atom is 0.164 e. The van der Waals surface area contributed by atoms with E-state index in [0.29, 0.717) is 0 Å². The molecule has 0 saturated carbocycles. The number of hydrogen-bond donors (Lipinski definition) is 0. The Bertz CT molecular complexity index is 381. The molecular weight excluding hydrogens is 347 g/mol. The average Bonchev–Trinajstić information content (AvgIpc) is 2.33. The zero-order valence-corrected chi connectivity index (χ0v) is 13.2. The van der Waals surface area contributed by atoms with Crippen molar-refractivity contribution >= 4 is 46.6 Å². The largest absolute Gasteiger partial charge is 0.497 e. The van der Waals surface area contributed by atoms with E-state index in [1.807, 2.05) is 36.0 Å². The second-order valence-electron chi connectivity index (χ2n) is 3.72. The summed E-state index contributed by atoms with van der Waals surface area (Å²) in [5, 5.41) is 1.11. The van der Waals surface area contributed by atoms with Crippen LogP contribution in [0.25, 0.3) is 0 Å². The minimum Gasteiger partial charge on any atom is -0.497 e. The molecule has 1 heterocycles. The van der Waals surface area contributed by atoms with Crippen LogP contribution in [0, 0.1) is 0 Å². The van der Waals surface area contributed by atoms with E-state index in [9.17, 15) is 0 Å². The molecule has 1 aliphatic heterocycles. The first kappa shape index (κ1) is 14.6. The minimum atomic E-state index is 0. The molecule has 0 N–H and O–H groups in total. The van der Waals surface area contributed by atoms with Gasteiger partial charge < -0.3 is 9.64 Å². The van der Waals surface area contributed by atoms with Crippen molar-refractivity contribution in [1.29, 1.82) is 0 Å². The van der Waals surface area contributed by atoms with Gasteiger partial charge in [0.2, 0.25) is 0 Å². The third-order valence-corrected chi connectivity index (χ3v) is 3.65. The highest BCUT2D eigenvalue weighted by atomic mass is 127. The van der Waals surface area contributed by atoms with Gasteiger partial charge in [0, 0.05) is 19.3 Å². The fraction of sp³-hybridized carbons (Fsp3) is 0.417. The van der Waals surface area contributed by atoms with Crippen molar-refractivity contribution in [3.8, 4) is 5.75 Å². The molecular formula is C12H17IN2OS. The molecule has 0 aromatic heterocycles. The summed E-state index contributed by atoms with van der Waals surface area (Å²) in [5.41, 5.74) is 0.983. The van der Waals surface area contributed by atoms with Crippen molar-refractivity contribution in [2.24, 2.45) is 4.99 Å². The van der Waals surface area contributed by atoms with Gasteiger partial charge in [0.15, 0.2) is 5.17 Å². The number of thioether (sulfide) groups is 1. The van der Waals surface area contributed by atoms with Crippen LogP contribution in [-0.2, 0) is 0 Å². The third-order valence-electron chi connectivity index (χ3n) is 2.49. The van der Waals surface area contributed by atoms with Crippen LogP contribution >= 0.6 is 35.7 Å². The molecule has 1 aliphatic rings. The van der Waals surface area contributed by atoms with Crippen molar-refractivity contribution in [1.82, 2.24) is 4.90 Å². The first-order valence-corrected chi connectivity index (χ1v) is 6.35.